The molecule has 1 N–H and O–H groups in total. The first-order valence-corrected chi connectivity index (χ1v) is 7.62. The topological polar surface area (TPSA) is 64.4 Å². The van der Waals surface area contributed by atoms with Crippen LogP contribution in [0, 0.1) is 5.92 Å². The standard InChI is InChI=1S/C17H20N2O3/c20-16(22-13-19-11-10-18-12-19)17(21,15-8-4-5-9-15)14-6-2-1-3-7-14/h1-3,6-7,10-12,15,21H,4-5,8-9,13H2/t17-/m1/s1. The molecule has 1 heterocycles. The van der Waals surface area contributed by atoms with Crippen molar-refractivity contribution in [3.05, 3.63) is 54.6 Å². The third-order valence-electron chi connectivity index (χ3n) is 4.37. The van der Waals surface area contributed by atoms with Crippen molar-refractivity contribution >= 4 is 5.97 Å². The molecule has 116 valence electrons. The highest BCUT2D eigenvalue weighted by Crippen LogP contribution is 2.41. The SMILES string of the molecule is O=C(OCn1ccnc1)[C@@](O)(c1ccccc1)C1CCCC1. The molecule has 22 heavy (non-hydrogen) atoms. The van der Waals surface area contributed by atoms with E-state index in [1.807, 2.05) is 18.2 Å². The summed E-state index contributed by atoms with van der Waals surface area (Å²) in [6, 6.07) is 9.11. The van der Waals surface area contributed by atoms with Crippen molar-refractivity contribution < 1.29 is 14.6 Å². The Morgan fingerprint density at radius 2 is 2.05 bits per heavy atom. The van der Waals surface area contributed by atoms with E-state index in [-0.39, 0.29) is 12.6 Å². The van der Waals surface area contributed by atoms with Crippen LogP contribution in [0.1, 0.15) is 31.2 Å². The number of nitrogens with zero attached hydrogens (tertiary/aromatic N) is 2. The molecule has 1 aliphatic rings. The maximum absolute atomic E-state index is 12.6. The fourth-order valence-corrected chi connectivity index (χ4v) is 3.16. The van der Waals surface area contributed by atoms with Gasteiger partial charge in [-0.3, -0.25) is 0 Å². The van der Waals surface area contributed by atoms with Crippen molar-refractivity contribution in [1.29, 1.82) is 0 Å². The minimum absolute atomic E-state index is 0.0562. The molecule has 2 aromatic rings. The van der Waals surface area contributed by atoms with Gasteiger partial charge in [0.25, 0.3) is 0 Å². The number of carbonyl (C=O) groups is 1. The first-order valence-electron chi connectivity index (χ1n) is 7.62. The average molecular weight is 300 g/mol. The van der Waals surface area contributed by atoms with Crippen molar-refractivity contribution in [1.82, 2.24) is 9.55 Å². The van der Waals surface area contributed by atoms with Gasteiger partial charge in [-0.15, -0.1) is 0 Å². The predicted molar refractivity (Wildman–Crippen MR) is 80.6 cm³/mol. The van der Waals surface area contributed by atoms with Gasteiger partial charge in [-0.2, -0.15) is 0 Å². The van der Waals surface area contributed by atoms with Crippen molar-refractivity contribution in [2.24, 2.45) is 5.92 Å². The second kappa shape index (κ2) is 6.32. The van der Waals surface area contributed by atoms with E-state index in [2.05, 4.69) is 4.98 Å². The minimum atomic E-state index is -1.57. The fraction of sp³-hybridized carbons (Fsp3) is 0.412. The van der Waals surface area contributed by atoms with E-state index in [9.17, 15) is 9.90 Å². The molecule has 0 bridgehead atoms. The molecular weight excluding hydrogens is 280 g/mol. The van der Waals surface area contributed by atoms with Crippen LogP contribution in [0.25, 0.3) is 0 Å². The number of hydrogen-bond donors (Lipinski definition) is 1. The lowest BCUT2D eigenvalue weighted by Gasteiger charge is -2.32. The third kappa shape index (κ3) is 2.76. The molecule has 5 nitrogen and oxygen atoms in total. The molecule has 1 saturated carbocycles. The van der Waals surface area contributed by atoms with Gasteiger partial charge in [-0.05, 0) is 18.4 Å². The molecule has 0 radical (unpaired) electrons. The maximum Gasteiger partial charge on any atom is 0.344 e. The van der Waals surface area contributed by atoms with Crippen LogP contribution in [-0.4, -0.2) is 20.6 Å². The second-order valence-corrected chi connectivity index (χ2v) is 5.75. The Balaban J connectivity index is 1.83. The highest BCUT2D eigenvalue weighted by atomic mass is 16.6. The van der Waals surface area contributed by atoms with Crippen LogP contribution in [0.4, 0.5) is 0 Å². The summed E-state index contributed by atoms with van der Waals surface area (Å²) in [5.74, 6) is -0.676. The monoisotopic (exact) mass is 300 g/mol. The van der Waals surface area contributed by atoms with Gasteiger partial charge in [0, 0.05) is 18.3 Å². The fourth-order valence-electron chi connectivity index (χ4n) is 3.16. The molecule has 0 aliphatic heterocycles. The summed E-state index contributed by atoms with van der Waals surface area (Å²) in [4.78, 5) is 16.5. The van der Waals surface area contributed by atoms with Crippen molar-refractivity contribution in [2.45, 2.75) is 38.0 Å². The lowest BCUT2D eigenvalue weighted by Crippen LogP contribution is -2.43. The summed E-state index contributed by atoms with van der Waals surface area (Å²) in [5.41, 5.74) is -0.962. The summed E-state index contributed by atoms with van der Waals surface area (Å²) in [6.07, 6.45) is 8.66. The van der Waals surface area contributed by atoms with E-state index in [0.717, 1.165) is 25.7 Å². The van der Waals surface area contributed by atoms with Crippen LogP contribution in [-0.2, 0) is 21.9 Å². The molecule has 1 aromatic carbocycles. The Morgan fingerprint density at radius 3 is 2.68 bits per heavy atom. The van der Waals surface area contributed by atoms with Gasteiger partial charge in [0.1, 0.15) is 0 Å². The number of rotatable bonds is 5. The molecule has 5 heteroatoms. The molecule has 0 amide bonds. The average Bonchev–Trinajstić information content (AvgIpc) is 3.26. The predicted octanol–water partition coefficient (Wildman–Crippen LogP) is 2.46. The normalized spacial score (nSPS) is 18.0. The van der Waals surface area contributed by atoms with Crippen molar-refractivity contribution in [3.8, 4) is 0 Å². The molecule has 1 aliphatic carbocycles. The summed E-state index contributed by atoms with van der Waals surface area (Å²) < 4.78 is 7.00. The first-order chi connectivity index (χ1) is 10.7. The van der Waals surface area contributed by atoms with E-state index in [4.69, 9.17) is 4.74 Å². The van der Waals surface area contributed by atoms with E-state index in [0.29, 0.717) is 5.56 Å². The number of aromatic nitrogens is 2. The Kier molecular flexibility index (Phi) is 4.24. The van der Waals surface area contributed by atoms with Crippen LogP contribution >= 0.6 is 0 Å². The zero-order valence-corrected chi connectivity index (χ0v) is 12.4. The van der Waals surface area contributed by atoms with Gasteiger partial charge in [-0.1, -0.05) is 43.2 Å². The van der Waals surface area contributed by atoms with Crippen molar-refractivity contribution in [3.63, 3.8) is 0 Å². The molecule has 1 aromatic heterocycles. The van der Waals surface area contributed by atoms with Gasteiger partial charge in [0.15, 0.2) is 12.3 Å². The zero-order valence-electron chi connectivity index (χ0n) is 12.4. The van der Waals surface area contributed by atoms with Crippen LogP contribution in [0.3, 0.4) is 0 Å². The quantitative estimate of drug-likeness (QED) is 0.862. The Bertz CT molecular complexity index is 606. The number of ether oxygens (including phenoxy) is 1. The van der Waals surface area contributed by atoms with E-state index in [1.165, 1.54) is 0 Å². The van der Waals surface area contributed by atoms with E-state index < -0.39 is 11.6 Å². The van der Waals surface area contributed by atoms with E-state index in [1.54, 1.807) is 35.4 Å². The minimum Gasteiger partial charge on any atom is -0.441 e. The summed E-state index contributed by atoms with van der Waals surface area (Å²) in [5, 5.41) is 11.2. The van der Waals surface area contributed by atoms with Gasteiger partial charge >= 0.3 is 5.97 Å². The van der Waals surface area contributed by atoms with Gasteiger partial charge < -0.3 is 14.4 Å². The summed E-state index contributed by atoms with van der Waals surface area (Å²) in [7, 11) is 0. The molecule has 1 fully saturated rings. The highest BCUT2D eigenvalue weighted by Gasteiger charge is 2.47. The zero-order chi connectivity index (χ0) is 15.4. The van der Waals surface area contributed by atoms with Gasteiger partial charge in [-0.25, -0.2) is 9.78 Å². The van der Waals surface area contributed by atoms with Crippen molar-refractivity contribution in [2.75, 3.05) is 0 Å². The Hall–Kier alpha value is -2.14. The molecule has 0 spiro atoms. The second-order valence-electron chi connectivity index (χ2n) is 5.75. The number of benzene rings is 1. The molecule has 0 unspecified atom stereocenters. The summed E-state index contributed by atoms with van der Waals surface area (Å²) >= 11 is 0. The molecule has 1 atom stereocenters. The Morgan fingerprint density at radius 1 is 1.32 bits per heavy atom. The van der Waals surface area contributed by atoms with E-state index >= 15 is 0 Å². The lowest BCUT2D eigenvalue weighted by atomic mass is 9.80. The third-order valence-corrected chi connectivity index (χ3v) is 4.37. The number of esters is 1. The van der Waals surface area contributed by atoms with Gasteiger partial charge in [0.2, 0.25) is 0 Å². The molecule has 3 rings (SSSR count). The first kappa shape index (κ1) is 14.8. The number of aliphatic hydroxyl groups is 1. The highest BCUT2D eigenvalue weighted by molar-refractivity contribution is 5.81. The van der Waals surface area contributed by atoms with Crippen LogP contribution in [0.15, 0.2) is 49.1 Å². The van der Waals surface area contributed by atoms with Crippen LogP contribution < -0.4 is 0 Å². The smallest absolute Gasteiger partial charge is 0.344 e. The number of carbonyl (C=O) groups excluding carboxylic acids is 1. The summed E-state index contributed by atoms with van der Waals surface area (Å²) in [6.45, 7) is 0.0562. The van der Waals surface area contributed by atoms with Crippen LogP contribution in [0.5, 0.6) is 0 Å². The molecular formula is C17H20N2O3. The largest absolute Gasteiger partial charge is 0.441 e. The lowest BCUT2D eigenvalue weighted by molar-refractivity contribution is -0.177. The maximum atomic E-state index is 12.6. The number of hydrogen-bond acceptors (Lipinski definition) is 4. The van der Waals surface area contributed by atoms with Crippen LogP contribution in [0.2, 0.25) is 0 Å². The molecule has 0 saturated heterocycles. The Labute approximate surface area is 129 Å². The van der Waals surface area contributed by atoms with Gasteiger partial charge in [0.05, 0.1) is 6.33 Å². The number of imidazole rings is 1.